The molecule has 0 fully saturated rings. The zero-order valence-corrected chi connectivity index (χ0v) is 19.7. The summed E-state index contributed by atoms with van der Waals surface area (Å²) < 4.78 is 15.7. The van der Waals surface area contributed by atoms with Gasteiger partial charge in [-0.2, -0.15) is 5.10 Å². The molecule has 0 saturated heterocycles. The average Bonchev–Trinajstić information content (AvgIpc) is 2.63. The van der Waals surface area contributed by atoms with Crippen LogP contribution in [0.4, 0.5) is 10.1 Å². The van der Waals surface area contributed by atoms with E-state index in [1.165, 1.54) is 18.3 Å². The molecule has 1 atom stereocenters. The monoisotopic (exact) mass is 525 g/mol. The molecule has 2 N–H and O–H groups in total. The van der Waals surface area contributed by atoms with E-state index in [-0.39, 0.29) is 22.8 Å². The number of phenols is 1. The van der Waals surface area contributed by atoms with E-state index < -0.39 is 11.7 Å². The molecule has 0 spiro atoms. The molecular formula is C21H22Br2FN3O2. The third-order valence-electron chi connectivity index (χ3n) is 5.39. The Labute approximate surface area is 186 Å². The van der Waals surface area contributed by atoms with Crippen molar-refractivity contribution < 1.29 is 14.3 Å². The molecule has 1 amide bonds. The number of aromatic hydroxyl groups is 1. The van der Waals surface area contributed by atoms with Gasteiger partial charge in [0.25, 0.3) is 5.91 Å². The Morgan fingerprint density at radius 1 is 1.34 bits per heavy atom. The van der Waals surface area contributed by atoms with Crippen molar-refractivity contribution in [1.29, 1.82) is 0 Å². The molecule has 1 aliphatic rings. The summed E-state index contributed by atoms with van der Waals surface area (Å²) in [5.41, 5.74) is 4.55. The lowest BCUT2D eigenvalue weighted by molar-refractivity contribution is 0.0952. The molecule has 8 heteroatoms. The molecule has 0 bridgehead atoms. The molecule has 1 aliphatic heterocycles. The van der Waals surface area contributed by atoms with Crippen molar-refractivity contribution >= 4 is 49.7 Å². The van der Waals surface area contributed by atoms with Gasteiger partial charge in [-0.25, -0.2) is 9.82 Å². The third kappa shape index (κ3) is 4.33. The maximum atomic E-state index is 14.7. The number of hydrogen-bond donors (Lipinski definition) is 2. The zero-order valence-electron chi connectivity index (χ0n) is 16.6. The molecule has 1 heterocycles. The molecule has 154 valence electrons. The Balaban J connectivity index is 1.84. The van der Waals surface area contributed by atoms with Gasteiger partial charge < -0.3 is 10.0 Å². The minimum atomic E-state index is -0.603. The summed E-state index contributed by atoms with van der Waals surface area (Å²) in [6.45, 7) is 6.41. The molecule has 5 nitrogen and oxygen atoms in total. The van der Waals surface area contributed by atoms with Crippen LogP contribution < -0.4 is 10.3 Å². The van der Waals surface area contributed by atoms with Crippen LogP contribution in [0.15, 0.2) is 38.3 Å². The Bertz CT molecular complexity index is 1010. The second kappa shape index (κ2) is 8.07. The Kier molecular flexibility index (Phi) is 6.06. The number of hydrogen-bond acceptors (Lipinski definition) is 4. The normalized spacial score (nSPS) is 18.0. The lowest BCUT2D eigenvalue weighted by Gasteiger charge is -2.45. The summed E-state index contributed by atoms with van der Waals surface area (Å²) >= 11 is 6.45. The molecule has 0 radical (unpaired) electrons. The van der Waals surface area contributed by atoms with E-state index in [0.717, 1.165) is 17.7 Å². The minimum absolute atomic E-state index is 0.0480. The van der Waals surface area contributed by atoms with Crippen molar-refractivity contribution in [2.45, 2.75) is 38.6 Å². The van der Waals surface area contributed by atoms with Gasteiger partial charge in [0.2, 0.25) is 0 Å². The van der Waals surface area contributed by atoms with Crippen LogP contribution in [0.5, 0.6) is 5.75 Å². The van der Waals surface area contributed by atoms with E-state index in [2.05, 4.69) is 68.1 Å². The first-order chi connectivity index (χ1) is 13.5. The Morgan fingerprint density at radius 2 is 2.03 bits per heavy atom. The predicted octanol–water partition coefficient (Wildman–Crippen LogP) is 5.54. The first-order valence-corrected chi connectivity index (χ1v) is 10.7. The maximum absolute atomic E-state index is 14.7. The number of carbonyl (C=O) groups excluding carboxylic acids is 1. The quantitative estimate of drug-likeness (QED) is 0.407. The number of phenolic OH excluding ortho intramolecular Hbond substituents is 1. The number of benzene rings is 2. The van der Waals surface area contributed by atoms with E-state index in [4.69, 9.17) is 0 Å². The highest BCUT2D eigenvalue weighted by atomic mass is 79.9. The van der Waals surface area contributed by atoms with E-state index in [1.807, 2.05) is 7.05 Å². The zero-order chi connectivity index (χ0) is 21.5. The largest absolute Gasteiger partial charge is 0.506 e. The van der Waals surface area contributed by atoms with Gasteiger partial charge in [0, 0.05) is 28.3 Å². The molecule has 1 unspecified atom stereocenters. The summed E-state index contributed by atoms with van der Waals surface area (Å²) in [4.78, 5) is 14.4. The molecule has 3 rings (SSSR count). The molecular weight excluding hydrogens is 505 g/mol. The fourth-order valence-corrected chi connectivity index (χ4v) is 4.89. The average molecular weight is 527 g/mol. The summed E-state index contributed by atoms with van der Waals surface area (Å²) in [5, 5.41) is 13.9. The summed E-state index contributed by atoms with van der Waals surface area (Å²) in [6.07, 6.45) is 2.23. The number of rotatable bonds is 3. The highest BCUT2D eigenvalue weighted by Gasteiger charge is 2.34. The van der Waals surface area contributed by atoms with Gasteiger partial charge in [-0.05, 0) is 71.9 Å². The van der Waals surface area contributed by atoms with Crippen LogP contribution in [0, 0.1) is 5.82 Å². The highest BCUT2D eigenvalue weighted by molar-refractivity contribution is 9.11. The van der Waals surface area contributed by atoms with Gasteiger partial charge in [-0.1, -0.05) is 22.9 Å². The number of fused-ring (bicyclic) bond motifs is 1. The molecule has 0 aromatic heterocycles. The van der Waals surface area contributed by atoms with E-state index >= 15 is 0 Å². The van der Waals surface area contributed by atoms with Gasteiger partial charge in [0.15, 0.2) is 0 Å². The van der Waals surface area contributed by atoms with Gasteiger partial charge in [-0.15, -0.1) is 0 Å². The number of hydrazone groups is 1. The number of nitrogens with zero attached hydrogens (tertiary/aromatic N) is 2. The summed E-state index contributed by atoms with van der Waals surface area (Å²) in [5.74, 6) is -0.935. The Morgan fingerprint density at radius 3 is 2.72 bits per heavy atom. The van der Waals surface area contributed by atoms with Crippen molar-refractivity contribution in [1.82, 2.24) is 5.43 Å². The predicted molar refractivity (Wildman–Crippen MR) is 120 cm³/mol. The molecule has 0 saturated carbocycles. The van der Waals surface area contributed by atoms with Crippen molar-refractivity contribution in [3.05, 3.63) is 55.7 Å². The van der Waals surface area contributed by atoms with Crippen molar-refractivity contribution in [2.24, 2.45) is 5.10 Å². The smallest absolute Gasteiger partial charge is 0.275 e. The minimum Gasteiger partial charge on any atom is -0.506 e. The number of amides is 1. The maximum Gasteiger partial charge on any atom is 0.275 e. The van der Waals surface area contributed by atoms with Crippen LogP contribution in [0.1, 0.15) is 54.6 Å². The number of halogens is 3. The number of carbonyl (C=O) groups is 1. The van der Waals surface area contributed by atoms with Crippen LogP contribution in [0.3, 0.4) is 0 Å². The number of anilines is 1. The molecule has 29 heavy (non-hydrogen) atoms. The molecule has 2 aromatic rings. The van der Waals surface area contributed by atoms with Crippen LogP contribution >= 0.6 is 31.9 Å². The standard InChI is InChI=1S/C21H22Br2FN3O2/c1-11-9-21(2,3)27(4)18-8-17(24)12(5-14(11)18)10-25-26-20(29)15-6-13(22)7-16(23)19(15)28/h5-8,10-11,28H,9H2,1-4H3,(H,26,29)/b25-10-. The van der Waals surface area contributed by atoms with Gasteiger partial charge in [-0.3, -0.25) is 4.79 Å². The second-order valence-electron chi connectivity index (χ2n) is 7.89. The lowest BCUT2D eigenvalue weighted by atomic mass is 9.80. The summed E-state index contributed by atoms with van der Waals surface area (Å²) in [7, 11) is 1.97. The highest BCUT2D eigenvalue weighted by Crippen LogP contribution is 2.43. The van der Waals surface area contributed by atoms with Gasteiger partial charge in [0.05, 0.1) is 16.3 Å². The van der Waals surface area contributed by atoms with E-state index in [9.17, 15) is 14.3 Å². The summed E-state index contributed by atoms with van der Waals surface area (Å²) in [6, 6.07) is 6.40. The van der Waals surface area contributed by atoms with Crippen LogP contribution in [0.25, 0.3) is 0 Å². The molecule has 2 aromatic carbocycles. The lowest BCUT2D eigenvalue weighted by Crippen LogP contribution is -2.45. The van der Waals surface area contributed by atoms with E-state index in [0.29, 0.717) is 14.5 Å². The van der Waals surface area contributed by atoms with Crippen molar-refractivity contribution in [3.63, 3.8) is 0 Å². The fraction of sp³-hybridized carbons (Fsp3) is 0.333. The van der Waals surface area contributed by atoms with Crippen LogP contribution in [0.2, 0.25) is 0 Å². The number of nitrogens with one attached hydrogen (secondary N) is 1. The first-order valence-electron chi connectivity index (χ1n) is 9.10. The molecule has 0 aliphatic carbocycles. The topological polar surface area (TPSA) is 64.9 Å². The Hall–Kier alpha value is -1.93. The van der Waals surface area contributed by atoms with Crippen LogP contribution in [-0.2, 0) is 0 Å². The van der Waals surface area contributed by atoms with Gasteiger partial charge in [0.1, 0.15) is 11.6 Å². The SMILES string of the molecule is CC1CC(C)(C)N(C)c2cc(F)c(/C=N\NC(=O)c3cc(Br)cc(Br)c3O)cc21. The fourth-order valence-electron chi connectivity index (χ4n) is 3.66. The van der Waals surface area contributed by atoms with E-state index in [1.54, 1.807) is 12.1 Å². The third-order valence-corrected chi connectivity index (χ3v) is 6.46. The van der Waals surface area contributed by atoms with Gasteiger partial charge >= 0.3 is 0 Å². The first kappa shape index (κ1) is 21.8. The van der Waals surface area contributed by atoms with Crippen LogP contribution in [-0.4, -0.2) is 29.8 Å². The van der Waals surface area contributed by atoms with Crippen molar-refractivity contribution in [2.75, 3.05) is 11.9 Å². The van der Waals surface area contributed by atoms with Crippen molar-refractivity contribution in [3.8, 4) is 5.75 Å². The second-order valence-corrected chi connectivity index (χ2v) is 9.66.